The Morgan fingerprint density at radius 2 is 1.29 bits per heavy atom. The van der Waals surface area contributed by atoms with Crippen LogP contribution in [0.4, 0.5) is 0 Å². The Kier molecular flexibility index (Phi) is 12.8. The molecular weight excluding hydrogens is 501 g/mol. The minimum atomic E-state index is -2.88. The van der Waals surface area contributed by atoms with Gasteiger partial charge in [0.25, 0.3) is 5.91 Å². The molecule has 0 unspecified atom stereocenters. The van der Waals surface area contributed by atoms with Gasteiger partial charge in [0.05, 0.1) is 14.1 Å². The molecule has 1 N–H and O–H groups in total. The number of carbonyl (C=O) groups excluding carboxylic acids is 2. The molecule has 0 aliphatic carbocycles. The molecule has 0 bridgehead atoms. The third-order valence-electron chi connectivity index (χ3n) is 4.22. The molecule has 0 heterocycles. The molecule has 0 rings (SSSR count). The number of nitrogens with zero attached hydrogens (tertiary/aromatic N) is 1. The molecule has 0 aromatic carbocycles. The van der Waals surface area contributed by atoms with E-state index in [-0.39, 0.29) is 12.5 Å². The zero-order valence-corrected chi connectivity index (χ0v) is 27.8. The van der Waals surface area contributed by atoms with Crippen molar-refractivity contribution in [3.8, 4) is 0 Å². The Morgan fingerprint density at radius 3 is 1.68 bits per heavy atom. The molecule has 200 valence electrons. The van der Waals surface area contributed by atoms with Gasteiger partial charge in [-0.05, 0) is 72.3 Å². The van der Waals surface area contributed by atoms with Crippen molar-refractivity contribution in [3.63, 3.8) is 0 Å². The SMILES string of the molecule is C=C(C)C(=O)OCC[N+](C)(C)CC(=O)NCCC[Si](O[Si](C)(C)C)(O[Si](C)(C)C)O[Si](C)(C)C. The van der Waals surface area contributed by atoms with E-state index in [1.165, 1.54) is 0 Å². The lowest BCUT2D eigenvalue weighted by molar-refractivity contribution is -0.882. The van der Waals surface area contributed by atoms with E-state index in [1.54, 1.807) is 6.92 Å². The van der Waals surface area contributed by atoms with E-state index in [0.29, 0.717) is 35.7 Å². The van der Waals surface area contributed by atoms with Crippen LogP contribution in [0.15, 0.2) is 12.2 Å². The van der Waals surface area contributed by atoms with Crippen molar-refractivity contribution in [2.45, 2.75) is 78.3 Å². The number of rotatable bonds is 16. The summed E-state index contributed by atoms with van der Waals surface area (Å²) < 4.78 is 25.6. The van der Waals surface area contributed by atoms with Crippen LogP contribution in [-0.2, 0) is 26.7 Å². The van der Waals surface area contributed by atoms with E-state index in [1.807, 2.05) is 14.1 Å². The van der Waals surface area contributed by atoms with Gasteiger partial charge in [0, 0.05) is 18.2 Å². The van der Waals surface area contributed by atoms with E-state index in [9.17, 15) is 9.59 Å². The Bertz CT molecular complexity index is 656. The summed E-state index contributed by atoms with van der Waals surface area (Å²) >= 11 is 0. The maximum atomic E-state index is 12.6. The zero-order chi connectivity index (χ0) is 27.0. The molecule has 8 nitrogen and oxygen atoms in total. The summed E-state index contributed by atoms with van der Waals surface area (Å²) in [4.78, 5) is 24.1. The van der Waals surface area contributed by atoms with E-state index >= 15 is 0 Å². The second-order valence-corrected chi connectivity index (χ2v) is 29.5. The van der Waals surface area contributed by atoms with Crippen LogP contribution in [0.3, 0.4) is 0 Å². The molecule has 0 aromatic rings. The van der Waals surface area contributed by atoms with Crippen LogP contribution in [-0.4, -0.2) is 90.5 Å². The molecule has 0 aliphatic rings. The number of nitrogens with one attached hydrogen (secondary N) is 1. The lowest BCUT2D eigenvalue weighted by Crippen LogP contribution is -2.60. The van der Waals surface area contributed by atoms with Crippen molar-refractivity contribution in [2.24, 2.45) is 0 Å². The predicted octanol–water partition coefficient (Wildman–Crippen LogP) is 4.18. The van der Waals surface area contributed by atoms with Gasteiger partial charge in [-0.1, -0.05) is 6.58 Å². The summed E-state index contributed by atoms with van der Waals surface area (Å²) in [5.41, 5.74) is 0.372. The van der Waals surface area contributed by atoms with Crippen molar-refractivity contribution in [1.82, 2.24) is 5.32 Å². The Labute approximate surface area is 212 Å². The maximum Gasteiger partial charge on any atom is 0.469 e. The van der Waals surface area contributed by atoms with Crippen LogP contribution in [0.25, 0.3) is 0 Å². The van der Waals surface area contributed by atoms with Crippen LogP contribution in [0.1, 0.15) is 13.3 Å². The number of quaternary nitrogens is 1. The van der Waals surface area contributed by atoms with Crippen molar-refractivity contribution in [2.75, 3.05) is 40.3 Å². The van der Waals surface area contributed by atoms with E-state index < -0.39 is 39.7 Å². The first-order valence-electron chi connectivity index (χ1n) is 12.1. The normalized spacial score (nSPS) is 13.5. The molecule has 0 radical (unpaired) electrons. The minimum Gasteiger partial charge on any atom is -0.456 e. The third kappa shape index (κ3) is 16.9. The van der Waals surface area contributed by atoms with Crippen LogP contribution in [0.5, 0.6) is 0 Å². The molecule has 0 aliphatic heterocycles. The van der Waals surface area contributed by atoms with Gasteiger partial charge in [0.15, 0.2) is 31.5 Å². The number of hydrogen-bond acceptors (Lipinski definition) is 6. The monoisotopic (exact) mass is 551 g/mol. The molecule has 0 aromatic heterocycles. The van der Waals surface area contributed by atoms with Gasteiger partial charge in [-0.3, -0.25) is 4.79 Å². The molecule has 0 saturated heterocycles. The third-order valence-corrected chi connectivity index (χ3v) is 16.3. The molecule has 12 heteroatoms. The van der Waals surface area contributed by atoms with Crippen molar-refractivity contribution >= 4 is 45.6 Å². The van der Waals surface area contributed by atoms with E-state index in [0.717, 1.165) is 6.42 Å². The van der Waals surface area contributed by atoms with Crippen LogP contribution in [0, 0.1) is 0 Å². The fourth-order valence-corrected chi connectivity index (χ4v) is 17.8. The van der Waals surface area contributed by atoms with Gasteiger partial charge in [0.1, 0.15) is 13.2 Å². The van der Waals surface area contributed by atoms with Crippen LogP contribution in [0.2, 0.25) is 65.0 Å². The maximum absolute atomic E-state index is 12.6. The summed E-state index contributed by atoms with van der Waals surface area (Å²) in [7, 11) is -4.73. The highest BCUT2D eigenvalue weighted by Gasteiger charge is 2.49. The van der Waals surface area contributed by atoms with Gasteiger partial charge >= 0.3 is 14.8 Å². The number of esters is 1. The fourth-order valence-electron chi connectivity index (χ4n) is 3.18. The number of ether oxygens (including phenoxy) is 1. The Balaban J connectivity index is 4.99. The molecular formula is C22H51N2O6Si4+. The average Bonchev–Trinajstić information content (AvgIpc) is 2.53. The first-order valence-corrected chi connectivity index (χ1v) is 24.2. The average molecular weight is 552 g/mol. The van der Waals surface area contributed by atoms with Gasteiger partial charge in [-0.15, -0.1) is 0 Å². The van der Waals surface area contributed by atoms with Crippen molar-refractivity contribution in [1.29, 1.82) is 0 Å². The summed E-state index contributed by atoms with van der Waals surface area (Å²) in [6.45, 7) is 26.4. The van der Waals surface area contributed by atoms with Crippen molar-refractivity contribution in [3.05, 3.63) is 12.2 Å². The number of carbonyl (C=O) groups is 2. The lowest BCUT2D eigenvalue weighted by atomic mass is 10.3. The minimum absolute atomic E-state index is 0.0353. The highest BCUT2D eigenvalue weighted by molar-refractivity contribution is 6.90. The number of likely N-dealkylation sites (N-methyl/N-ethyl adjacent to an activating group) is 1. The van der Waals surface area contributed by atoms with E-state index in [4.69, 9.17) is 17.1 Å². The quantitative estimate of drug-likeness (QED) is 0.102. The van der Waals surface area contributed by atoms with Gasteiger partial charge in [0.2, 0.25) is 0 Å². The summed E-state index contributed by atoms with van der Waals surface area (Å²) in [5.74, 6) is -0.439. The summed E-state index contributed by atoms with van der Waals surface area (Å²) in [6, 6.07) is 0.696. The van der Waals surface area contributed by atoms with E-state index in [2.05, 4.69) is 70.8 Å². The second kappa shape index (κ2) is 13.1. The van der Waals surface area contributed by atoms with Gasteiger partial charge in [-0.25, -0.2) is 4.79 Å². The number of amides is 1. The molecule has 0 saturated carbocycles. The Hall–Kier alpha value is -0.612. The largest absolute Gasteiger partial charge is 0.469 e. The zero-order valence-electron chi connectivity index (χ0n) is 23.8. The Morgan fingerprint density at radius 1 is 0.853 bits per heavy atom. The molecule has 0 spiro atoms. The summed E-state index contributed by atoms with van der Waals surface area (Å²) in [6.07, 6.45) is 0.737. The highest BCUT2D eigenvalue weighted by Crippen LogP contribution is 2.29. The highest BCUT2D eigenvalue weighted by atomic mass is 28.5. The van der Waals surface area contributed by atoms with Crippen LogP contribution < -0.4 is 5.32 Å². The van der Waals surface area contributed by atoms with Crippen molar-refractivity contribution < 1.29 is 31.2 Å². The standard InChI is InChI=1S/C22H50N2O6Si4/c1-20(2)22(26)27-17-16-24(3,4)19-21(25)23-15-14-18-34(28-31(5,6)7,29-32(8,9)10)30-33(11,12)13/h1,14-19H2,2-13H3/p+1. The first-order chi connectivity index (χ1) is 15.0. The van der Waals surface area contributed by atoms with Crippen LogP contribution >= 0.6 is 0 Å². The fraction of sp³-hybridized carbons (Fsp3) is 0.818. The smallest absolute Gasteiger partial charge is 0.456 e. The van der Waals surface area contributed by atoms with Gasteiger partial charge in [-0.2, -0.15) is 0 Å². The predicted molar refractivity (Wildman–Crippen MR) is 149 cm³/mol. The summed E-state index contributed by atoms with van der Waals surface area (Å²) in [5, 5.41) is 3.03. The molecule has 0 fully saturated rings. The first kappa shape index (κ1) is 33.4. The molecule has 1 amide bonds. The topological polar surface area (TPSA) is 83.1 Å². The molecule has 0 atom stereocenters. The number of hydrogen-bond donors (Lipinski definition) is 1. The lowest BCUT2D eigenvalue weighted by Gasteiger charge is -2.43. The second-order valence-electron chi connectivity index (χ2n) is 12.5. The molecule has 34 heavy (non-hydrogen) atoms. The van der Waals surface area contributed by atoms with Gasteiger partial charge < -0.3 is 26.9 Å².